The van der Waals surface area contributed by atoms with Crippen molar-refractivity contribution in [1.29, 1.82) is 0 Å². The summed E-state index contributed by atoms with van der Waals surface area (Å²) in [6, 6.07) is 0. The van der Waals surface area contributed by atoms with Crippen LogP contribution in [0.25, 0.3) is 11.3 Å². The van der Waals surface area contributed by atoms with Crippen molar-refractivity contribution in [2.75, 3.05) is 17.2 Å². The standard InChI is InChI=1S/C8H9N5O2/c9-4-5(10)7-3(8(14)6(4)11)1-12-2-13(7)15/h1-2,15H,9-11H2. The minimum atomic E-state index is -0.493. The molecule has 0 fully saturated rings. The van der Waals surface area contributed by atoms with Crippen molar-refractivity contribution in [1.82, 2.24) is 9.71 Å². The molecular weight excluding hydrogens is 198 g/mol. The van der Waals surface area contributed by atoms with Crippen molar-refractivity contribution in [2.24, 2.45) is 0 Å². The second-order valence-corrected chi connectivity index (χ2v) is 3.07. The maximum atomic E-state index is 11.6. The molecule has 7 N–H and O–H groups in total. The molecule has 0 saturated carbocycles. The Balaban J connectivity index is 3.06. The zero-order valence-electron chi connectivity index (χ0n) is 7.64. The lowest BCUT2D eigenvalue weighted by atomic mass is 10.1. The molecule has 78 valence electrons. The Morgan fingerprint density at radius 3 is 2.53 bits per heavy atom. The molecule has 0 amide bonds. The van der Waals surface area contributed by atoms with Crippen molar-refractivity contribution in [2.45, 2.75) is 0 Å². The lowest BCUT2D eigenvalue weighted by Crippen LogP contribution is -2.20. The first-order chi connectivity index (χ1) is 7.04. The van der Waals surface area contributed by atoms with E-state index in [-0.39, 0.29) is 28.3 Å². The van der Waals surface area contributed by atoms with E-state index in [0.717, 1.165) is 6.33 Å². The van der Waals surface area contributed by atoms with E-state index in [4.69, 9.17) is 17.2 Å². The van der Waals surface area contributed by atoms with E-state index in [9.17, 15) is 10.0 Å². The number of aromatic nitrogens is 2. The van der Waals surface area contributed by atoms with Gasteiger partial charge in [-0.1, -0.05) is 0 Å². The molecule has 0 atom stereocenters. The van der Waals surface area contributed by atoms with Crippen LogP contribution < -0.4 is 22.6 Å². The van der Waals surface area contributed by atoms with E-state index in [2.05, 4.69) is 4.98 Å². The van der Waals surface area contributed by atoms with Gasteiger partial charge >= 0.3 is 0 Å². The first-order valence-electron chi connectivity index (χ1n) is 4.06. The first kappa shape index (κ1) is 9.13. The molecule has 1 heterocycles. The Morgan fingerprint density at radius 1 is 1.20 bits per heavy atom. The van der Waals surface area contributed by atoms with Gasteiger partial charge in [-0.05, 0) is 0 Å². The van der Waals surface area contributed by atoms with Gasteiger partial charge in [0, 0.05) is 6.20 Å². The Morgan fingerprint density at radius 2 is 1.87 bits per heavy atom. The van der Waals surface area contributed by atoms with Crippen LogP contribution in [0, 0.1) is 0 Å². The summed E-state index contributed by atoms with van der Waals surface area (Å²) in [5, 5.41) is 9.43. The summed E-state index contributed by atoms with van der Waals surface area (Å²) in [6.07, 6.45) is 2.38. The van der Waals surface area contributed by atoms with E-state index >= 15 is 0 Å². The number of fused-ring (bicyclic) bond motifs is 1. The van der Waals surface area contributed by atoms with Crippen LogP contribution in [0.1, 0.15) is 0 Å². The smallest absolute Gasteiger partial charge is 0.214 e. The molecule has 0 spiro atoms. The Hall–Kier alpha value is -2.44. The molecule has 2 aliphatic rings. The Labute approximate surface area is 84.0 Å². The third kappa shape index (κ3) is 1.06. The summed E-state index contributed by atoms with van der Waals surface area (Å²) in [5.41, 5.74) is 16.3. The zero-order valence-corrected chi connectivity index (χ0v) is 7.64. The lowest BCUT2D eigenvalue weighted by molar-refractivity contribution is 0.186. The van der Waals surface area contributed by atoms with Gasteiger partial charge in [0.2, 0.25) is 5.43 Å². The molecule has 0 saturated heterocycles. The van der Waals surface area contributed by atoms with Crippen LogP contribution in [0.2, 0.25) is 0 Å². The number of hydrogen-bond acceptors (Lipinski definition) is 6. The molecule has 0 aromatic rings. The number of nitrogens with two attached hydrogens (primary N) is 3. The summed E-state index contributed by atoms with van der Waals surface area (Å²) in [5.74, 6) is 0. The van der Waals surface area contributed by atoms with Crippen LogP contribution >= 0.6 is 0 Å². The summed E-state index contributed by atoms with van der Waals surface area (Å²) < 4.78 is 0.641. The molecule has 2 rings (SSSR count). The quantitative estimate of drug-likeness (QED) is 0.334. The predicted molar refractivity (Wildman–Crippen MR) is 55.5 cm³/mol. The number of nitrogen functional groups attached to an aromatic ring is 3. The Kier molecular flexibility index (Phi) is 1.69. The van der Waals surface area contributed by atoms with Crippen molar-refractivity contribution in [3.63, 3.8) is 0 Å². The molecule has 0 aromatic heterocycles. The topological polar surface area (TPSA) is 133 Å². The number of anilines is 3. The third-order valence-electron chi connectivity index (χ3n) is 2.19. The fourth-order valence-corrected chi connectivity index (χ4v) is 1.39. The van der Waals surface area contributed by atoms with E-state index in [0.29, 0.717) is 4.73 Å². The van der Waals surface area contributed by atoms with Crippen LogP contribution in [0.15, 0.2) is 17.3 Å². The summed E-state index contributed by atoms with van der Waals surface area (Å²) >= 11 is 0. The second kappa shape index (κ2) is 2.77. The maximum Gasteiger partial charge on any atom is 0.214 e. The predicted octanol–water partition coefficient (Wildman–Crippen LogP) is -0.668. The minimum Gasteiger partial charge on any atom is -0.427 e. The van der Waals surface area contributed by atoms with Crippen LogP contribution in [0.3, 0.4) is 0 Å². The van der Waals surface area contributed by atoms with Gasteiger partial charge in [0.25, 0.3) is 0 Å². The number of rotatable bonds is 0. The SMILES string of the molecule is Nc1c(N)c2n(O)cncc-2c(=O)c1N. The molecule has 0 bridgehead atoms. The Bertz CT molecular complexity index is 562. The van der Waals surface area contributed by atoms with Crippen molar-refractivity contribution in [3.05, 3.63) is 22.7 Å². The first-order valence-corrected chi connectivity index (χ1v) is 4.06. The van der Waals surface area contributed by atoms with Gasteiger partial charge < -0.3 is 22.4 Å². The summed E-state index contributed by atoms with van der Waals surface area (Å²) in [7, 11) is 0. The molecule has 0 unspecified atom stereocenters. The molecule has 7 heteroatoms. The fraction of sp³-hybridized carbons (Fsp3) is 0. The maximum absolute atomic E-state index is 11.6. The highest BCUT2D eigenvalue weighted by Gasteiger charge is 2.20. The van der Waals surface area contributed by atoms with Gasteiger partial charge in [-0.15, -0.1) is 0 Å². The van der Waals surface area contributed by atoms with Crippen molar-refractivity contribution >= 4 is 17.1 Å². The fourth-order valence-electron chi connectivity index (χ4n) is 1.39. The minimum absolute atomic E-state index is 0.0264. The molecule has 0 radical (unpaired) electrons. The zero-order chi connectivity index (χ0) is 11.2. The van der Waals surface area contributed by atoms with Crippen molar-refractivity contribution < 1.29 is 5.21 Å². The monoisotopic (exact) mass is 207 g/mol. The van der Waals surface area contributed by atoms with Crippen LogP contribution in [-0.2, 0) is 0 Å². The number of nitrogens with zero attached hydrogens (tertiary/aromatic N) is 2. The number of benzene rings is 1. The highest BCUT2D eigenvalue weighted by atomic mass is 16.5. The van der Waals surface area contributed by atoms with E-state index in [1.54, 1.807) is 0 Å². The molecule has 0 aromatic carbocycles. The van der Waals surface area contributed by atoms with Crippen LogP contribution in [0.5, 0.6) is 0 Å². The van der Waals surface area contributed by atoms with Crippen LogP contribution in [0.4, 0.5) is 17.1 Å². The van der Waals surface area contributed by atoms with E-state index < -0.39 is 5.43 Å². The molecular formula is C8H9N5O2. The number of hydrogen-bond donors (Lipinski definition) is 4. The highest BCUT2D eigenvalue weighted by molar-refractivity contribution is 5.91. The van der Waals surface area contributed by atoms with E-state index in [1.165, 1.54) is 6.20 Å². The van der Waals surface area contributed by atoms with Crippen molar-refractivity contribution in [3.8, 4) is 11.3 Å². The molecule has 1 aliphatic carbocycles. The van der Waals surface area contributed by atoms with Gasteiger partial charge in [-0.3, -0.25) is 4.79 Å². The van der Waals surface area contributed by atoms with Gasteiger partial charge in [-0.25, -0.2) is 4.98 Å². The second-order valence-electron chi connectivity index (χ2n) is 3.07. The van der Waals surface area contributed by atoms with E-state index in [1.807, 2.05) is 0 Å². The third-order valence-corrected chi connectivity index (χ3v) is 2.19. The molecule has 1 aliphatic heterocycles. The summed E-state index contributed by atoms with van der Waals surface area (Å²) in [6.45, 7) is 0. The van der Waals surface area contributed by atoms with Crippen LogP contribution in [-0.4, -0.2) is 14.9 Å². The largest absolute Gasteiger partial charge is 0.427 e. The molecule has 7 nitrogen and oxygen atoms in total. The van der Waals surface area contributed by atoms with Gasteiger partial charge in [-0.2, -0.15) is 4.73 Å². The summed E-state index contributed by atoms with van der Waals surface area (Å²) in [4.78, 5) is 15.3. The van der Waals surface area contributed by atoms with Gasteiger partial charge in [0.05, 0.1) is 16.9 Å². The average Bonchev–Trinajstić information content (AvgIpc) is 2.23. The molecule has 15 heavy (non-hydrogen) atoms. The highest BCUT2D eigenvalue weighted by Crippen LogP contribution is 2.31. The lowest BCUT2D eigenvalue weighted by Gasteiger charge is -2.14. The average molecular weight is 207 g/mol. The van der Waals surface area contributed by atoms with Gasteiger partial charge in [0.1, 0.15) is 17.7 Å². The van der Waals surface area contributed by atoms with Gasteiger partial charge in [0.15, 0.2) is 0 Å². The normalized spacial score (nSPS) is 10.7.